The van der Waals surface area contributed by atoms with Gasteiger partial charge in [0.1, 0.15) is 5.82 Å². The summed E-state index contributed by atoms with van der Waals surface area (Å²) in [5, 5.41) is 0. The summed E-state index contributed by atoms with van der Waals surface area (Å²) in [4.78, 5) is 11.2. The highest BCUT2D eigenvalue weighted by molar-refractivity contribution is 5.70. The van der Waals surface area contributed by atoms with Crippen LogP contribution < -0.4 is 5.73 Å². The van der Waals surface area contributed by atoms with Crippen LogP contribution in [0, 0.1) is 5.82 Å². The molecule has 0 aromatic heterocycles. The van der Waals surface area contributed by atoms with Gasteiger partial charge in [0.25, 0.3) is 0 Å². The molecule has 7 heteroatoms. The minimum Gasteiger partial charge on any atom is -0.466 e. The Kier molecular flexibility index (Phi) is 4.88. The molecule has 0 fully saturated rings. The second kappa shape index (κ2) is 6.01. The van der Waals surface area contributed by atoms with Crippen molar-refractivity contribution in [3.8, 4) is 0 Å². The molecule has 0 heterocycles. The Morgan fingerprint density at radius 1 is 1.42 bits per heavy atom. The molecule has 0 aliphatic heterocycles. The van der Waals surface area contributed by atoms with Crippen molar-refractivity contribution in [2.75, 3.05) is 6.61 Å². The predicted octanol–water partition coefficient (Wildman–Crippen LogP) is 2.80. The molecular formula is C12H13F4NO2. The number of benzene rings is 1. The van der Waals surface area contributed by atoms with E-state index in [1.807, 2.05) is 0 Å². The minimum absolute atomic E-state index is 0.152. The fourth-order valence-corrected chi connectivity index (χ4v) is 1.51. The minimum atomic E-state index is -4.62. The smallest absolute Gasteiger partial charge is 0.416 e. The van der Waals surface area contributed by atoms with Gasteiger partial charge in [-0.1, -0.05) is 6.07 Å². The highest BCUT2D eigenvalue weighted by atomic mass is 19.4. The lowest BCUT2D eigenvalue weighted by Gasteiger charge is -2.14. The summed E-state index contributed by atoms with van der Waals surface area (Å²) >= 11 is 0. The molecule has 106 valence electrons. The standard InChI is InChI=1S/C12H13F4NO2/c1-2-19-11(18)6-10(17)8-4-3-7(5-9(8)13)12(14,15)16/h3-5,10H,2,6,17H2,1H3/t10-/m1/s1. The van der Waals surface area contributed by atoms with Crippen LogP contribution in [0.15, 0.2) is 18.2 Å². The normalized spacial score (nSPS) is 13.2. The Morgan fingerprint density at radius 3 is 2.53 bits per heavy atom. The summed E-state index contributed by atoms with van der Waals surface area (Å²) in [6.45, 7) is 1.75. The Morgan fingerprint density at radius 2 is 2.05 bits per heavy atom. The molecule has 1 rings (SSSR count). The molecule has 1 aromatic rings. The number of alkyl halides is 3. The van der Waals surface area contributed by atoms with E-state index in [1.165, 1.54) is 0 Å². The predicted molar refractivity (Wildman–Crippen MR) is 59.6 cm³/mol. The zero-order chi connectivity index (χ0) is 14.6. The third kappa shape index (κ3) is 4.20. The van der Waals surface area contributed by atoms with Gasteiger partial charge in [0.05, 0.1) is 18.6 Å². The number of ether oxygens (including phenoxy) is 1. The zero-order valence-electron chi connectivity index (χ0n) is 10.1. The van der Waals surface area contributed by atoms with E-state index in [1.54, 1.807) is 6.92 Å². The Bertz CT molecular complexity index is 460. The maximum atomic E-state index is 13.5. The van der Waals surface area contributed by atoms with Gasteiger partial charge in [0.2, 0.25) is 0 Å². The summed E-state index contributed by atoms with van der Waals surface area (Å²) in [7, 11) is 0. The van der Waals surface area contributed by atoms with E-state index in [4.69, 9.17) is 5.73 Å². The van der Waals surface area contributed by atoms with Crippen molar-refractivity contribution in [1.29, 1.82) is 0 Å². The van der Waals surface area contributed by atoms with Gasteiger partial charge in [-0.2, -0.15) is 13.2 Å². The van der Waals surface area contributed by atoms with Crippen molar-refractivity contribution >= 4 is 5.97 Å². The van der Waals surface area contributed by atoms with E-state index < -0.39 is 29.6 Å². The summed E-state index contributed by atoms with van der Waals surface area (Å²) in [5.41, 5.74) is 4.31. The first-order valence-electron chi connectivity index (χ1n) is 5.53. The highest BCUT2D eigenvalue weighted by Crippen LogP contribution is 2.31. The molecule has 0 amide bonds. The van der Waals surface area contributed by atoms with Gasteiger partial charge < -0.3 is 10.5 Å². The number of hydrogen-bond acceptors (Lipinski definition) is 3. The average Bonchev–Trinajstić information content (AvgIpc) is 2.27. The van der Waals surface area contributed by atoms with Crippen molar-refractivity contribution in [1.82, 2.24) is 0 Å². The fraction of sp³-hybridized carbons (Fsp3) is 0.417. The number of halogens is 4. The lowest BCUT2D eigenvalue weighted by atomic mass is 10.0. The van der Waals surface area contributed by atoms with Gasteiger partial charge in [-0.3, -0.25) is 4.79 Å². The molecule has 0 unspecified atom stereocenters. The van der Waals surface area contributed by atoms with E-state index in [0.29, 0.717) is 6.07 Å². The monoisotopic (exact) mass is 279 g/mol. The van der Waals surface area contributed by atoms with E-state index in [-0.39, 0.29) is 18.6 Å². The van der Waals surface area contributed by atoms with Gasteiger partial charge in [-0.25, -0.2) is 4.39 Å². The average molecular weight is 279 g/mol. The Hall–Kier alpha value is -1.63. The molecule has 19 heavy (non-hydrogen) atoms. The molecule has 0 spiro atoms. The molecule has 1 atom stereocenters. The summed E-state index contributed by atoms with van der Waals surface area (Å²) in [6.07, 6.45) is -4.92. The molecule has 1 aromatic carbocycles. The topological polar surface area (TPSA) is 52.3 Å². The van der Waals surface area contributed by atoms with Crippen molar-refractivity contribution in [2.24, 2.45) is 5.73 Å². The molecule has 2 N–H and O–H groups in total. The van der Waals surface area contributed by atoms with Gasteiger partial charge in [0.15, 0.2) is 0 Å². The zero-order valence-corrected chi connectivity index (χ0v) is 10.1. The van der Waals surface area contributed by atoms with Crippen molar-refractivity contribution in [2.45, 2.75) is 25.6 Å². The quantitative estimate of drug-likeness (QED) is 0.681. The summed E-state index contributed by atoms with van der Waals surface area (Å²) in [6, 6.07) is 0.979. The number of carbonyl (C=O) groups is 1. The van der Waals surface area contributed by atoms with Crippen LogP contribution in [0.3, 0.4) is 0 Å². The van der Waals surface area contributed by atoms with Crippen LogP contribution in [0.2, 0.25) is 0 Å². The third-order valence-corrected chi connectivity index (χ3v) is 2.42. The fourth-order valence-electron chi connectivity index (χ4n) is 1.51. The van der Waals surface area contributed by atoms with Crippen molar-refractivity contribution in [3.63, 3.8) is 0 Å². The molecule has 0 aliphatic carbocycles. The number of hydrogen-bond donors (Lipinski definition) is 1. The van der Waals surface area contributed by atoms with E-state index in [0.717, 1.165) is 12.1 Å². The van der Waals surface area contributed by atoms with Crippen molar-refractivity contribution in [3.05, 3.63) is 35.1 Å². The lowest BCUT2D eigenvalue weighted by Crippen LogP contribution is -2.19. The number of nitrogens with two attached hydrogens (primary N) is 1. The van der Waals surface area contributed by atoms with Gasteiger partial charge >= 0.3 is 12.1 Å². The van der Waals surface area contributed by atoms with Crippen LogP contribution in [-0.2, 0) is 15.7 Å². The van der Waals surface area contributed by atoms with Crippen molar-refractivity contribution < 1.29 is 27.1 Å². The number of rotatable bonds is 4. The second-order valence-corrected chi connectivity index (χ2v) is 3.85. The molecule has 0 aliphatic rings. The van der Waals surface area contributed by atoms with Crippen LogP contribution >= 0.6 is 0 Å². The number of esters is 1. The molecule has 0 radical (unpaired) electrons. The number of carbonyl (C=O) groups excluding carboxylic acids is 1. The third-order valence-electron chi connectivity index (χ3n) is 2.42. The molecule has 0 saturated carbocycles. The second-order valence-electron chi connectivity index (χ2n) is 3.85. The molecular weight excluding hydrogens is 266 g/mol. The van der Waals surface area contributed by atoms with Crippen LogP contribution in [-0.4, -0.2) is 12.6 Å². The first kappa shape index (κ1) is 15.4. The van der Waals surface area contributed by atoms with Crippen LogP contribution in [0.1, 0.15) is 30.5 Å². The van der Waals surface area contributed by atoms with E-state index in [2.05, 4.69) is 4.74 Å². The maximum absolute atomic E-state index is 13.5. The summed E-state index contributed by atoms with van der Waals surface area (Å²) < 4.78 is 55.2. The Balaban J connectivity index is 2.87. The van der Waals surface area contributed by atoms with Crippen LogP contribution in [0.4, 0.5) is 17.6 Å². The maximum Gasteiger partial charge on any atom is 0.416 e. The van der Waals surface area contributed by atoms with Gasteiger partial charge in [-0.15, -0.1) is 0 Å². The van der Waals surface area contributed by atoms with Crippen LogP contribution in [0.5, 0.6) is 0 Å². The highest BCUT2D eigenvalue weighted by Gasteiger charge is 2.31. The van der Waals surface area contributed by atoms with Crippen LogP contribution in [0.25, 0.3) is 0 Å². The lowest BCUT2D eigenvalue weighted by molar-refractivity contribution is -0.143. The first-order chi connectivity index (χ1) is 8.75. The van der Waals surface area contributed by atoms with Gasteiger partial charge in [0, 0.05) is 11.6 Å². The SMILES string of the molecule is CCOC(=O)C[C@@H](N)c1ccc(C(F)(F)F)cc1F. The summed E-state index contributed by atoms with van der Waals surface area (Å²) in [5.74, 6) is -1.72. The van der Waals surface area contributed by atoms with Gasteiger partial charge in [-0.05, 0) is 19.1 Å². The Labute approximate surface area is 107 Å². The first-order valence-corrected chi connectivity index (χ1v) is 5.53. The molecule has 0 bridgehead atoms. The van der Waals surface area contributed by atoms with E-state index >= 15 is 0 Å². The molecule has 0 saturated heterocycles. The largest absolute Gasteiger partial charge is 0.466 e. The van der Waals surface area contributed by atoms with E-state index in [9.17, 15) is 22.4 Å². The molecule has 3 nitrogen and oxygen atoms in total.